The van der Waals surface area contributed by atoms with Crippen LogP contribution < -0.4 is 10.6 Å². The predicted octanol–water partition coefficient (Wildman–Crippen LogP) is 1.75. The fourth-order valence-electron chi connectivity index (χ4n) is 3.00. The molecule has 7 heteroatoms. The number of fused-ring (bicyclic) bond motifs is 1. The molecule has 1 heterocycles. The molecule has 0 aromatic heterocycles. The number of hydrogen-bond donors (Lipinski definition) is 3. The number of carbonyl (C=O) groups excluding carboxylic acids is 2. The Morgan fingerprint density at radius 2 is 1.81 bits per heavy atom. The molecule has 0 radical (unpaired) electrons. The second kappa shape index (κ2) is 7.82. The monoisotopic (exact) mass is 365 g/mol. The summed E-state index contributed by atoms with van der Waals surface area (Å²) in [6, 6.07) is 15.1. The van der Waals surface area contributed by atoms with E-state index in [1.807, 2.05) is 30.3 Å². The molecule has 0 saturated heterocycles. The number of anilines is 1. The zero-order valence-corrected chi connectivity index (χ0v) is 14.7. The van der Waals surface area contributed by atoms with E-state index in [9.17, 15) is 19.5 Å². The van der Waals surface area contributed by atoms with Gasteiger partial charge in [0.25, 0.3) is 0 Å². The number of amides is 1. The first-order chi connectivity index (χ1) is 13.0. The molecule has 2 atom stereocenters. The minimum atomic E-state index is -1.47. The summed E-state index contributed by atoms with van der Waals surface area (Å²) in [6.07, 6.45) is 0.286. The lowest BCUT2D eigenvalue weighted by atomic mass is 9.91. The summed E-state index contributed by atoms with van der Waals surface area (Å²) < 4.78 is 0. The third-order valence-corrected chi connectivity index (χ3v) is 4.35. The van der Waals surface area contributed by atoms with Crippen LogP contribution in [0.4, 0.5) is 5.69 Å². The van der Waals surface area contributed by atoms with Crippen LogP contribution in [0.25, 0.3) is 0 Å². The van der Waals surface area contributed by atoms with Gasteiger partial charge in [0, 0.05) is 19.0 Å². The number of carboxylic acids is 1. The van der Waals surface area contributed by atoms with Crippen LogP contribution in [0.2, 0.25) is 0 Å². The number of nitrogens with zero attached hydrogens (tertiary/aromatic N) is 1. The topological polar surface area (TPSA) is 108 Å². The van der Waals surface area contributed by atoms with Crippen molar-refractivity contribution in [2.24, 2.45) is 10.9 Å². The van der Waals surface area contributed by atoms with E-state index < -0.39 is 23.7 Å². The van der Waals surface area contributed by atoms with Gasteiger partial charge in [0.1, 0.15) is 11.9 Å². The molecular formula is C20H19N3O4. The summed E-state index contributed by atoms with van der Waals surface area (Å²) in [5, 5.41) is 15.0. The van der Waals surface area contributed by atoms with E-state index in [1.54, 1.807) is 24.3 Å². The van der Waals surface area contributed by atoms with Gasteiger partial charge in [-0.3, -0.25) is 19.4 Å². The Kier molecular flexibility index (Phi) is 5.30. The molecule has 1 amide bonds. The molecule has 2 unspecified atom stereocenters. The molecule has 0 aliphatic carbocycles. The normalized spacial score (nSPS) is 18.3. The largest absolute Gasteiger partial charge is 0.480 e. The molecule has 0 fully saturated rings. The van der Waals surface area contributed by atoms with Gasteiger partial charge in [-0.15, -0.1) is 0 Å². The van der Waals surface area contributed by atoms with Crippen LogP contribution in [-0.2, 0) is 16.0 Å². The molecule has 3 N–H and O–H groups in total. The van der Waals surface area contributed by atoms with Gasteiger partial charge >= 0.3 is 5.97 Å². The maximum atomic E-state index is 12.6. The molecule has 7 nitrogen and oxygen atoms in total. The van der Waals surface area contributed by atoms with Crippen molar-refractivity contribution in [1.29, 1.82) is 0 Å². The Labute approximate surface area is 156 Å². The molecule has 2 aromatic rings. The quantitative estimate of drug-likeness (QED) is 0.700. The molecule has 2 aromatic carbocycles. The lowest BCUT2D eigenvalue weighted by Crippen LogP contribution is -2.43. The van der Waals surface area contributed by atoms with E-state index in [0.717, 1.165) is 5.56 Å². The molecule has 0 spiro atoms. The minimum Gasteiger partial charge on any atom is -0.480 e. The predicted molar refractivity (Wildman–Crippen MR) is 101 cm³/mol. The van der Waals surface area contributed by atoms with Crippen LogP contribution in [0, 0.1) is 5.92 Å². The van der Waals surface area contributed by atoms with Crippen molar-refractivity contribution in [2.75, 3.05) is 12.4 Å². The van der Waals surface area contributed by atoms with Gasteiger partial charge in [-0.05, 0) is 17.7 Å². The summed E-state index contributed by atoms with van der Waals surface area (Å²) in [7, 11) is 1.49. The van der Waals surface area contributed by atoms with Crippen LogP contribution in [0.5, 0.6) is 0 Å². The van der Waals surface area contributed by atoms with Gasteiger partial charge in [0.05, 0.1) is 5.69 Å². The SMILES string of the molecule is CNC(=O)C(Cc1ccccc1)N=C1Nc2ccccc2C(=O)C1C(=O)O. The first-order valence-electron chi connectivity index (χ1n) is 8.47. The summed E-state index contributed by atoms with van der Waals surface area (Å²) >= 11 is 0. The third-order valence-electron chi connectivity index (χ3n) is 4.35. The van der Waals surface area contributed by atoms with Crippen LogP contribution in [0.3, 0.4) is 0 Å². The Balaban J connectivity index is 2.00. The highest BCUT2D eigenvalue weighted by molar-refractivity contribution is 6.31. The van der Waals surface area contributed by atoms with E-state index in [4.69, 9.17) is 0 Å². The fourth-order valence-corrected chi connectivity index (χ4v) is 3.00. The Morgan fingerprint density at radius 1 is 1.15 bits per heavy atom. The van der Waals surface area contributed by atoms with Gasteiger partial charge < -0.3 is 15.7 Å². The molecule has 3 rings (SSSR count). The molecular weight excluding hydrogens is 346 g/mol. The average molecular weight is 365 g/mol. The van der Waals surface area contributed by atoms with Crippen molar-refractivity contribution >= 4 is 29.2 Å². The fraction of sp³-hybridized carbons (Fsp3) is 0.200. The first-order valence-corrected chi connectivity index (χ1v) is 8.47. The maximum absolute atomic E-state index is 12.6. The number of carboxylic acid groups (broad SMARTS) is 1. The van der Waals surface area contributed by atoms with E-state index in [0.29, 0.717) is 11.3 Å². The second-order valence-corrected chi connectivity index (χ2v) is 6.14. The number of likely N-dealkylation sites (N-methyl/N-ethyl adjacent to an activating group) is 1. The highest BCUT2D eigenvalue weighted by Gasteiger charge is 2.38. The van der Waals surface area contributed by atoms with Crippen molar-refractivity contribution < 1.29 is 19.5 Å². The van der Waals surface area contributed by atoms with Crippen molar-refractivity contribution in [1.82, 2.24) is 5.32 Å². The number of para-hydroxylation sites is 1. The molecule has 1 aliphatic heterocycles. The van der Waals surface area contributed by atoms with Gasteiger partial charge in [0.15, 0.2) is 11.7 Å². The number of amidine groups is 1. The summed E-state index contributed by atoms with van der Waals surface area (Å²) in [5.41, 5.74) is 1.65. The summed E-state index contributed by atoms with van der Waals surface area (Å²) in [5.74, 6) is -3.72. The number of Topliss-reactive ketones (excluding diaryl/α,β-unsaturated/α-hetero) is 1. The van der Waals surface area contributed by atoms with E-state index in [2.05, 4.69) is 15.6 Å². The van der Waals surface area contributed by atoms with Gasteiger partial charge in [-0.25, -0.2) is 0 Å². The zero-order chi connectivity index (χ0) is 19.4. The smallest absolute Gasteiger partial charge is 0.322 e. The molecule has 138 valence electrons. The van der Waals surface area contributed by atoms with Crippen LogP contribution in [0.15, 0.2) is 59.6 Å². The standard InChI is InChI=1S/C20H19N3O4/c1-21-19(25)15(11-12-7-3-2-4-8-12)23-18-16(20(26)27)17(24)13-9-5-6-10-14(13)22-18/h2-10,15-16H,11H2,1H3,(H,21,25)(H,22,23)(H,26,27). The number of aliphatic imine (C=N–C) groups is 1. The highest BCUT2D eigenvalue weighted by atomic mass is 16.4. The van der Waals surface area contributed by atoms with Crippen LogP contribution in [-0.4, -0.2) is 41.7 Å². The number of hydrogen-bond acceptors (Lipinski definition) is 4. The number of benzene rings is 2. The molecule has 1 aliphatic rings. The van der Waals surface area contributed by atoms with Crippen molar-refractivity contribution in [3.8, 4) is 0 Å². The Hall–Kier alpha value is -3.48. The third kappa shape index (κ3) is 3.87. The van der Waals surface area contributed by atoms with Gasteiger partial charge in [-0.1, -0.05) is 42.5 Å². The van der Waals surface area contributed by atoms with Crippen molar-refractivity contribution in [2.45, 2.75) is 12.5 Å². The Morgan fingerprint density at radius 3 is 2.48 bits per heavy atom. The average Bonchev–Trinajstić information content (AvgIpc) is 2.67. The van der Waals surface area contributed by atoms with Crippen molar-refractivity contribution in [3.05, 3.63) is 65.7 Å². The lowest BCUT2D eigenvalue weighted by Gasteiger charge is -2.25. The number of ketones is 1. The van der Waals surface area contributed by atoms with E-state index in [1.165, 1.54) is 7.05 Å². The lowest BCUT2D eigenvalue weighted by molar-refractivity contribution is -0.138. The first kappa shape index (κ1) is 18.3. The highest BCUT2D eigenvalue weighted by Crippen LogP contribution is 2.26. The van der Waals surface area contributed by atoms with E-state index >= 15 is 0 Å². The van der Waals surface area contributed by atoms with Gasteiger partial charge in [0.2, 0.25) is 5.91 Å². The Bertz CT molecular complexity index is 908. The maximum Gasteiger partial charge on any atom is 0.322 e. The number of nitrogens with one attached hydrogen (secondary N) is 2. The summed E-state index contributed by atoms with van der Waals surface area (Å²) in [4.78, 5) is 41.0. The van der Waals surface area contributed by atoms with Crippen LogP contribution >= 0.6 is 0 Å². The number of aliphatic carboxylic acids is 1. The van der Waals surface area contributed by atoms with Crippen LogP contribution in [0.1, 0.15) is 15.9 Å². The molecule has 0 saturated carbocycles. The zero-order valence-electron chi connectivity index (χ0n) is 14.7. The molecule has 27 heavy (non-hydrogen) atoms. The number of rotatable bonds is 5. The van der Waals surface area contributed by atoms with E-state index in [-0.39, 0.29) is 18.2 Å². The second-order valence-electron chi connectivity index (χ2n) is 6.14. The number of carbonyl (C=O) groups is 3. The van der Waals surface area contributed by atoms with Crippen molar-refractivity contribution in [3.63, 3.8) is 0 Å². The minimum absolute atomic E-state index is 0.0317. The molecule has 0 bridgehead atoms. The summed E-state index contributed by atoms with van der Waals surface area (Å²) in [6.45, 7) is 0. The van der Waals surface area contributed by atoms with Gasteiger partial charge in [-0.2, -0.15) is 0 Å².